The third-order valence-electron chi connectivity index (χ3n) is 5.44. The number of thioether (sulfide) groups is 1. The van der Waals surface area contributed by atoms with Crippen molar-refractivity contribution in [3.05, 3.63) is 136 Å². The van der Waals surface area contributed by atoms with Gasteiger partial charge in [0.25, 0.3) is 0 Å². The van der Waals surface area contributed by atoms with Crippen LogP contribution in [-0.2, 0) is 0 Å². The number of hydrogen-bond donors (Lipinski definition) is 1. The molecule has 1 heterocycles. The van der Waals surface area contributed by atoms with Gasteiger partial charge in [-0.1, -0.05) is 84.4 Å². The zero-order chi connectivity index (χ0) is 24.0. The van der Waals surface area contributed by atoms with E-state index < -0.39 is 0 Å². The van der Waals surface area contributed by atoms with Crippen molar-refractivity contribution in [2.45, 2.75) is 0 Å². The summed E-state index contributed by atoms with van der Waals surface area (Å²) in [6.45, 7) is 0. The molecule has 4 nitrogen and oxygen atoms in total. The molecule has 0 saturated heterocycles. The first-order valence-corrected chi connectivity index (χ1v) is 12.4. The number of halogens is 1. The lowest BCUT2D eigenvalue weighted by Gasteiger charge is -2.16. The van der Waals surface area contributed by atoms with Crippen molar-refractivity contribution in [3.8, 4) is 0 Å². The van der Waals surface area contributed by atoms with Crippen LogP contribution in [-0.4, -0.2) is 17.8 Å². The van der Waals surface area contributed by atoms with E-state index in [0.29, 0.717) is 5.02 Å². The highest BCUT2D eigenvalue weighted by Gasteiger charge is 2.25. The number of allylic oxidation sites excluding steroid dienone is 1. The van der Waals surface area contributed by atoms with Crippen LogP contribution in [0.2, 0.25) is 5.02 Å². The largest absolute Gasteiger partial charge is 0.386 e. The van der Waals surface area contributed by atoms with Gasteiger partial charge in [0.15, 0.2) is 0 Å². The van der Waals surface area contributed by atoms with Crippen molar-refractivity contribution in [3.63, 3.8) is 0 Å². The monoisotopic (exact) mass is 494 g/mol. The molecule has 0 atom stereocenters. The average Bonchev–Trinajstić information content (AvgIpc) is 3.34. The van der Waals surface area contributed by atoms with Crippen molar-refractivity contribution in [2.75, 3.05) is 17.4 Å². The molecule has 4 aromatic carbocycles. The maximum atomic E-state index is 6.12. The van der Waals surface area contributed by atoms with Gasteiger partial charge >= 0.3 is 0 Å². The van der Waals surface area contributed by atoms with Gasteiger partial charge in [-0.25, -0.2) is 10.0 Å². The molecule has 0 aromatic heterocycles. The average molecular weight is 495 g/mol. The molecule has 0 bridgehead atoms. The van der Waals surface area contributed by atoms with Crippen molar-refractivity contribution < 1.29 is 0 Å². The molecule has 6 heteroatoms. The minimum atomic E-state index is 0.703. The van der Waals surface area contributed by atoms with E-state index in [1.807, 2.05) is 97.0 Å². The highest BCUT2D eigenvalue weighted by atomic mass is 35.5. The molecule has 4 aromatic rings. The van der Waals surface area contributed by atoms with Crippen molar-refractivity contribution in [1.29, 1.82) is 0 Å². The number of hydrogen-bond acceptors (Lipinski definition) is 5. The lowest BCUT2D eigenvalue weighted by molar-refractivity contribution is 1.08. The molecule has 0 saturated carbocycles. The minimum absolute atomic E-state index is 0.703. The third-order valence-corrected chi connectivity index (χ3v) is 6.70. The first-order valence-electron chi connectivity index (χ1n) is 11.2. The van der Waals surface area contributed by atoms with Gasteiger partial charge in [0.05, 0.1) is 22.8 Å². The Labute approximate surface area is 214 Å². The van der Waals surface area contributed by atoms with E-state index >= 15 is 0 Å². The van der Waals surface area contributed by atoms with Crippen molar-refractivity contribution >= 4 is 51.2 Å². The molecule has 35 heavy (non-hydrogen) atoms. The number of nitrogens with one attached hydrogen (secondary N) is 1. The normalized spacial score (nSPS) is 14.8. The molecule has 0 amide bonds. The van der Waals surface area contributed by atoms with Gasteiger partial charge in [-0.15, -0.1) is 0 Å². The summed E-state index contributed by atoms with van der Waals surface area (Å²) in [5, 5.41) is 12.7. The first kappa shape index (κ1) is 23.0. The fraction of sp³-hybridized carbons (Fsp3) is 0.0345. The van der Waals surface area contributed by atoms with Crippen LogP contribution in [0.5, 0.6) is 0 Å². The Balaban J connectivity index is 1.62. The molecule has 0 aliphatic carbocycles. The fourth-order valence-electron chi connectivity index (χ4n) is 3.68. The standard InChI is InChI=1S/C29H23ClN4S/c1-31-25-14-8-9-15-26(25)32-27(21-10-4-2-5-11-21)20-28-34(24-12-6-3-7-13-24)33-29(35-28)22-16-18-23(30)19-17-22/h2-20,31H,1H3/b28-20+,32-27?. The summed E-state index contributed by atoms with van der Waals surface area (Å²) in [5.74, 6) is 0. The van der Waals surface area contributed by atoms with E-state index in [0.717, 1.165) is 44.0 Å². The van der Waals surface area contributed by atoms with Crippen molar-refractivity contribution in [1.82, 2.24) is 0 Å². The molecule has 0 spiro atoms. The van der Waals surface area contributed by atoms with E-state index in [1.54, 1.807) is 11.8 Å². The lowest BCUT2D eigenvalue weighted by atomic mass is 10.1. The van der Waals surface area contributed by atoms with Crippen LogP contribution in [0, 0.1) is 0 Å². The van der Waals surface area contributed by atoms with Gasteiger partial charge in [-0.2, -0.15) is 5.10 Å². The van der Waals surface area contributed by atoms with Gasteiger partial charge in [-0.3, -0.25) is 0 Å². The third kappa shape index (κ3) is 5.32. The maximum absolute atomic E-state index is 6.12. The Morgan fingerprint density at radius 3 is 2.23 bits per heavy atom. The molecule has 172 valence electrons. The Kier molecular flexibility index (Phi) is 6.98. The lowest BCUT2D eigenvalue weighted by Crippen LogP contribution is -2.11. The Bertz CT molecular complexity index is 1400. The number of aliphatic imine (C=N–C) groups is 1. The summed E-state index contributed by atoms with van der Waals surface area (Å²) in [7, 11) is 1.91. The number of para-hydroxylation sites is 3. The number of benzene rings is 4. The van der Waals surface area contributed by atoms with Crippen LogP contribution in [0.3, 0.4) is 0 Å². The fourth-order valence-corrected chi connectivity index (χ4v) is 4.78. The summed E-state index contributed by atoms with van der Waals surface area (Å²) in [6, 6.07) is 36.2. The number of rotatable bonds is 6. The molecule has 0 radical (unpaired) electrons. The van der Waals surface area contributed by atoms with Crippen LogP contribution >= 0.6 is 23.4 Å². The van der Waals surface area contributed by atoms with Gasteiger partial charge in [0.2, 0.25) is 0 Å². The van der Waals surface area contributed by atoms with E-state index in [2.05, 4.69) is 35.7 Å². The van der Waals surface area contributed by atoms with Crippen LogP contribution in [0.1, 0.15) is 11.1 Å². The Hall–Kier alpha value is -3.80. The maximum Gasteiger partial charge on any atom is 0.131 e. The first-order chi connectivity index (χ1) is 17.2. The summed E-state index contributed by atoms with van der Waals surface area (Å²) in [6.07, 6.45) is 2.10. The Morgan fingerprint density at radius 2 is 1.51 bits per heavy atom. The summed E-state index contributed by atoms with van der Waals surface area (Å²) >= 11 is 7.73. The second kappa shape index (κ2) is 10.6. The molecule has 5 rings (SSSR count). The zero-order valence-electron chi connectivity index (χ0n) is 19.1. The summed E-state index contributed by atoms with van der Waals surface area (Å²) < 4.78 is 0. The molecule has 0 fully saturated rings. The van der Waals surface area contributed by atoms with E-state index in [9.17, 15) is 0 Å². The van der Waals surface area contributed by atoms with Crippen LogP contribution < -0.4 is 10.3 Å². The topological polar surface area (TPSA) is 40.0 Å². The highest BCUT2D eigenvalue weighted by molar-refractivity contribution is 8.18. The second-order valence-electron chi connectivity index (χ2n) is 7.77. The zero-order valence-corrected chi connectivity index (χ0v) is 20.7. The highest BCUT2D eigenvalue weighted by Crippen LogP contribution is 2.37. The van der Waals surface area contributed by atoms with Gasteiger partial charge < -0.3 is 5.32 Å². The van der Waals surface area contributed by atoms with Crippen LogP contribution in [0.25, 0.3) is 0 Å². The van der Waals surface area contributed by atoms with Crippen LogP contribution in [0.4, 0.5) is 17.1 Å². The SMILES string of the molecule is CNc1ccccc1N=C(/C=C1/SC(c2ccc(Cl)cc2)=NN1c1ccccc1)c1ccccc1. The molecular weight excluding hydrogens is 472 g/mol. The quantitative estimate of drug-likeness (QED) is 0.276. The summed E-state index contributed by atoms with van der Waals surface area (Å²) in [4.78, 5) is 5.07. The minimum Gasteiger partial charge on any atom is -0.386 e. The van der Waals surface area contributed by atoms with E-state index in [4.69, 9.17) is 21.7 Å². The smallest absolute Gasteiger partial charge is 0.131 e. The Morgan fingerprint density at radius 1 is 0.857 bits per heavy atom. The van der Waals surface area contributed by atoms with Gasteiger partial charge in [0.1, 0.15) is 10.1 Å². The second-order valence-corrected chi connectivity index (χ2v) is 9.22. The summed E-state index contributed by atoms with van der Waals surface area (Å²) in [5.41, 5.74) is 5.72. The molecule has 1 N–H and O–H groups in total. The van der Waals surface area contributed by atoms with E-state index in [1.165, 1.54) is 0 Å². The van der Waals surface area contributed by atoms with Crippen LogP contribution in [0.15, 0.2) is 130 Å². The van der Waals surface area contributed by atoms with Gasteiger partial charge in [-0.05, 0) is 54.2 Å². The number of nitrogens with zero attached hydrogens (tertiary/aromatic N) is 3. The predicted molar refractivity (Wildman–Crippen MR) is 151 cm³/mol. The molecule has 1 aliphatic heterocycles. The number of hydrazone groups is 1. The predicted octanol–water partition coefficient (Wildman–Crippen LogP) is 7.96. The van der Waals surface area contributed by atoms with Gasteiger partial charge in [0, 0.05) is 23.2 Å². The molecular formula is C29H23ClN4S. The van der Waals surface area contributed by atoms with E-state index in [-0.39, 0.29) is 0 Å². The molecule has 1 aliphatic rings. The van der Waals surface area contributed by atoms with Crippen molar-refractivity contribution in [2.24, 2.45) is 10.1 Å². The molecule has 0 unspecified atom stereocenters. The number of anilines is 2.